The number of Topliss-reactive ketones (excluding diaryl/α,β-unsaturated/α-hetero) is 2. The molecule has 0 bridgehead atoms. The summed E-state index contributed by atoms with van der Waals surface area (Å²) in [6.45, 7) is 5.62. The van der Waals surface area contributed by atoms with Crippen LogP contribution in [0.4, 0.5) is 0 Å². The number of rotatable bonds is 12. The molecule has 0 atom stereocenters. The van der Waals surface area contributed by atoms with Crippen molar-refractivity contribution in [3.8, 4) is 0 Å². The lowest BCUT2D eigenvalue weighted by Gasteiger charge is -2.04. The van der Waals surface area contributed by atoms with E-state index in [-0.39, 0.29) is 5.92 Å². The summed E-state index contributed by atoms with van der Waals surface area (Å²) in [5, 5.41) is 0. The standard InChI is InChI=1S/C16H30O2/c1-14(2)16(18)13-11-9-7-5-4-6-8-10-12-15(3)17/h14H,4-13H2,1-3H3. The fourth-order valence-corrected chi connectivity index (χ4v) is 2.02. The van der Waals surface area contributed by atoms with Gasteiger partial charge >= 0.3 is 0 Å². The van der Waals surface area contributed by atoms with Crippen molar-refractivity contribution in [1.82, 2.24) is 0 Å². The minimum absolute atomic E-state index is 0.200. The van der Waals surface area contributed by atoms with E-state index in [1.807, 2.05) is 13.8 Å². The molecule has 0 aliphatic heterocycles. The van der Waals surface area contributed by atoms with Crippen molar-refractivity contribution in [2.24, 2.45) is 5.92 Å². The summed E-state index contributed by atoms with van der Waals surface area (Å²) in [5.74, 6) is 0.912. The van der Waals surface area contributed by atoms with Crippen LogP contribution in [0.5, 0.6) is 0 Å². The number of carbonyl (C=O) groups is 2. The third-order valence-corrected chi connectivity index (χ3v) is 3.35. The van der Waals surface area contributed by atoms with Crippen molar-refractivity contribution >= 4 is 11.6 Å². The number of hydrogen-bond acceptors (Lipinski definition) is 2. The van der Waals surface area contributed by atoms with Gasteiger partial charge in [-0.15, -0.1) is 0 Å². The van der Waals surface area contributed by atoms with Crippen LogP contribution in [0.15, 0.2) is 0 Å². The summed E-state index contributed by atoms with van der Waals surface area (Å²) in [6.07, 6.45) is 11.0. The second-order valence-corrected chi connectivity index (χ2v) is 5.65. The Morgan fingerprint density at radius 1 is 0.722 bits per heavy atom. The summed E-state index contributed by atoms with van der Waals surface area (Å²) < 4.78 is 0. The zero-order chi connectivity index (χ0) is 13.8. The SMILES string of the molecule is CC(=O)CCCCCCCCCCC(=O)C(C)C. The Hall–Kier alpha value is -0.660. The van der Waals surface area contributed by atoms with Gasteiger partial charge < -0.3 is 4.79 Å². The second-order valence-electron chi connectivity index (χ2n) is 5.65. The molecule has 0 rings (SSSR count). The van der Waals surface area contributed by atoms with Gasteiger partial charge in [-0.05, 0) is 19.8 Å². The van der Waals surface area contributed by atoms with E-state index in [4.69, 9.17) is 0 Å². The summed E-state index contributed by atoms with van der Waals surface area (Å²) in [5.41, 5.74) is 0. The molecule has 0 aliphatic rings. The maximum absolute atomic E-state index is 11.4. The molecule has 2 heteroatoms. The van der Waals surface area contributed by atoms with Gasteiger partial charge in [0.25, 0.3) is 0 Å². The largest absolute Gasteiger partial charge is 0.300 e. The van der Waals surface area contributed by atoms with Crippen molar-refractivity contribution in [3.05, 3.63) is 0 Å². The van der Waals surface area contributed by atoms with Gasteiger partial charge in [0.2, 0.25) is 0 Å². The summed E-state index contributed by atoms with van der Waals surface area (Å²) in [7, 11) is 0. The molecule has 0 amide bonds. The highest BCUT2D eigenvalue weighted by molar-refractivity contribution is 5.80. The molecule has 0 aromatic heterocycles. The highest BCUT2D eigenvalue weighted by Crippen LogP contribution is 2.12. The van der Waals surface area contributed by atoms with Gasteiger partial charge in [-0.2, -0.15) is 0 Å². The van der Waals surface area contributed by atoms with Crippen LogP contribution >= 0.6 is 0 Å². The van der Waals surface area contributed by atoms with Gasteiger partial charge in [-0.1, -0.05) is 52.4 Å². The number of unbranched alkanes of at least 4 members (excludes halogenated alkanes) is 7. The number of hydrogen-bond donors (Lipinski definition) is 0. The van der Waals surface area contributed by atoms with Gasteiger partial charge in [0.1, 0.15) is 11.6 Å². The van der Waals surface area contributed by atoms with Crippen LogP contribution < -0.4 is 0 Å². The maximum atomic E-state index is 11.4. The van der Waals surface area contributed by atoms with Crippen LogP contribution in [0.2, 0.25) is 0 Å². The topological polar surface area (TPSA) is 34.1 Å². The van der Waals surface area contributed by atoms with E-state index in [1.165, 1.54) is 38.5 Å². The van der Waals surface area contributed by atoms with Gasteiger partial charge in [0, 0.05) is 18.8 Å². The molecule has 0 fully saturated rings. The lowest BCUT2D eigenvalue weighted by atomic mass is 10.0. The van der Waals surface area contributed by atoms with Crippen molar-refractivity contribution in [2.45, 2.75) is 85.0 Å². The zero-order valence-electron chi connectivity index (χ0n) is 12.5. The van der Waals surface area contributed by atoms with E-state index in [2.05, 4.69) is 0 Å². The number of ketones is 2. The molecule has 0 radical (unpaired) electrons. The zero-order valence-corrected chi connectivity index (χ0v) is 12.5. The van der Waals surface area contributed by atoms with Crippen molar-refractivity contribution in [3.63, 3.8) is 0 Å². The third kappa shape index (κ3) is 11.8. The van der Waals surface area contributed by atoms with Gasteiger partial charge in [0.05, 0.1) is 0 Å². The molecule has 0 spiro atoms. The van der Waals surface area contributed by atoms with E-state index in [9.17, 15) is 9.59 Å². The number of carbonyl (C=O) groups excluding carboxylic acids is 2. The molecule has 0 aliphatic carbocycles. The predicted molar refractivity (Wildman–Crippen MR) is 76.7 cm³/mol. The van der Waals surface area contributed by atoms with E-state index >= 15 is 0 Å². The summed E-state index contributed by atoms with van der Waals surface area (Å²) >= 11 is 0. The molecule has 2 nitrogen and oxygen atoms in total. The highest BCUT2D eigenvalue weighted by Gasteiger charge is 2.05. The van der Waals surface area contributed by atoms with E-state index in [1.54, 1.807) is 6.92 Å². The first-order valence-electron chi connectivity index (χ1n) is 7.56. The Bertz CT molecular complexity index is 231. The van der Waals surface area contributed by atoms with E-state index in [0.29, 0.717) is 11.6 Å². The first-order valence-corrected chi connectivity index (χ1v) is 7.56. The molecule has 0 unspecified atom stereocenters. The molecule has 0 N–H and O–H groups in total. The summed E-state index contributed by atoms with van der Waals surface area (Å²) in [6, 6.07) is 0. The van der Waals surface area contributed by atoms with Crippen molar-refractivity contribution in [2.75, 3.05) is 0 Å². The lowest BCUT2D eigenvalue weighted by molar-refractivity contribution is -0.122. The smallest absolute Gasteiger partial charge is 0.135 e. The lowest BCUT2D eigenvalue weighted by Crippen LogP contribution is -2.05. The molecule has 0 saturated heterocycles. The minimum atomic E-state index is 0.200. The van der Waals surface area contributed by atoms with Crippen LogP contribution in [0.3, 0.4) is 0 Å². The molecular weight excluding hydrogens is 224 g/mol. The molecule has 0 saturated carbocycles. The van der Waals surface area contributed by atoms with E-state index in [0.717, 1.165) is 25.7 Å². The first-order chi connectivity index (χ1) is 8.54. The molecular formula is C16H30O2. The van der Waals surface area contributed by atoms with Crippen LogP contribution in [-0.4, -0.2) is 11.6 Å². The van der Waals surface area contributed by atoms with Crippen molar-refractivity contribution < 1.29 is 9.59 Å². The quantitative estimate of drug-likeness (QED) is 0.473. The van der Waals surface area contributed by atoms with Crippen LogP contribution in [-0.2, 0) is 9.59 Å². The average Bonchev–Trinajstić information content (AvgIpc) is 2.30. The normalized spacial score (nSPS) is 10.9. The second kappa shape index (κ2) is 11.4. The molecule has 18 heavy (non-hydrogen) atoms. The predicted octanol–water partition coefficient (Wildman–Crippen LogP) is 4.70. The molecule has 0 aromatic carbocycles. The molecule has 0 aromatic rings. The van der Waals surface area contributed by atoms with Gasteiger partial charge in [0.15, 0.2) is 0 Å². The van der Waals surface area contributed by atoms with Crippen LogP contribution in [0.1, 0.15) is 85.0 Å². The summed E-state index contributed by atoms with van der Waals surface area (Å²) in [4.78, 5) is 22.1. The van der Waals surface area contributed by atoms with Crippen molar-refractivity contribution in [1.29, 1.82) is 0 Å². The Labute approximate surface area is 113 Å². The van der Waals surface area contributed by atoms with Crippen LogP contribution in [0, 0.1) is 5.92 Å². The Morgan fingerprint density at radius 2 is 1.11 bits per heavy atom. The monoisotopic (exact) mass is 254 g/mol. The third-order valence-electron chi connectivity index (χ3n) is 3.35. The molecule has 0 heterocycles. The van der Waals surface area contributed by atoms with E-state index < -0.39 is 0 Å². The average molecular weight is 254 g/mol. The molecule has 106 valence electrons. The maximum Gasteiger partial charge on any atom is 0.135 e. The minimum Gasteiger partial charge on any atom is -0.300 e. The Balaban J connectivity index is 3.12. The van der Waals surface area contributed by atoms with Gasteiger partial charge in [-0.3, -0.25) is 4.79 Å². The Kier molecular flexibility index (Phi) is 11.0. The highest BCUT2D eigenvalue weighted by atomic mass is 16.1. The van der Waals surface area contributed by atoms with Crippen LogP contribution in [0.25, 0.3) is 0 Å². The first kappa shape index (κ1) is 17.3. The van der Waals surface area contributed by atoms with Gasteiger partial charge in [-0.25, -0.2) is 0 Å². The fourth-order valence-electron chi connectivity index (χ4n) is 2.02. The Morgan fingerprint density at radius 3 is 1.50 bits per heavy atom. The fraction of sp³-hybridized carbons (Fsp3) is 0.875.